The van der Waals surface area contributed by atoms with Crippen molar-refractivity contribution in [2.45, 2.75) is 19.6 Å². The molecular weight excluding hydrogens is 340 g/mol. The summed E-state index contributed by atoms with van der Waals surface area (Å²) in [5, 5.41) is 0.564. The van der Waals surface area contributed by atoms with E-state index in [-0.39, 0.29) is 13.2 Å². The molecule has 102 valence electrons. The van der Waals surface area contributed by atoms with Crippen molar-refractivity contribution in [1.29, 1.82) is 0 Å². The maximum absolute atomic E-state index is 12.5. The summed E-state index contributed by atoms with van der Waals surface area (Å²) in [7, 11) is -3.35. The van der Waals surface area contributed by atoms with E-state index in [1.54, 1.807) is 32.0 Å². The molecule has 0 fully saturated rings. The second-order valence-electron chi connectivity index (χ2n) is 3.49. The molecule has 0 bridgehead atoms. The summed E-state index contributed by atoms with van der Waals surface area (Å²) in [6, 6.07) is 5.11. The second-order valence-corrected chi connectivity index (χ2v) is 6.91. The van der Waals surface area contributed by atoms with Crippen LogP contribution in [0, 0.1) is 0 Å². The summed E-state index contributed by atoms with van der Waals surface area (Å²) in [4.78, 5) is 0. The highest BCUT2D eigenvalue weighted by Crippen LogP contribution is 2.58. The summed E-state index contributed by atoms with van der Waals surface area (Å²) in [6.07, 6.45) is 0. The van der Waals surface area contributed by atoms with Crippen molar-refractivity contribution in [2.24, 2.45) is 5.73 Å². The third-order valence-corrected chi connectivity index (χ3v) is 5.67. The van der Waals surface area contributed by atoms with Crippen LogP contribution in [-0.4, -0.2) is 13.2 Å². The highest BCUT2D eigenvalue weighted by Gasteiger charge is 2.34. The van der Waals surface area contributed by atoms with Crippen LogP contribution in [0.5, 0.6) is 0 Å². The van der Waals surface area contributed by atoms with Gasteiger partial charge >= 0.3 is 7.60 Å². The van der Waals surface area contributed by atoms with Crippen LogP contribution >= 0.6 is 35.1 Å². The molecule has 0 aliphatic heterocycles. The summed E-state index contributed by atoms with van der Waals surface area (Å²) >= 11 is 9.20. The van der Waals surface area contributed by atoms with E-state index in [9.17, 15) is 4.57 Å². The van der Waals surface area contributed by atoms with Crippen LogP contribution < -0.4 is 5.73 Å². The first kappa shape index (κ1) is 16.2. The SMILES string of the molecule is CCOP(=O)(OCC)[C@H](N)c1ccc(Cl)c(Br)c1. The lowest BCUT2D eigenvalue weighted by molar-refractivity contribution is 0.212. The molecule has 1 aromatic rings. The Morgan fingerprint density at radius 3 is 2.39 bits per heavy atom. The van der Waals surface area contributed by atoms with Gasteiger partial charge in [-0.25, -0.2) is 0 Å². The average molecular weight is 357 g/mol. The summed E-state index contributed by atoms with van der Waals surface area (Å²) < 4.78 is 23.6. The summed E-state index contributed by atoms with van der Waals surface area (Å²) in [5.74, 6) is -0.828. The normalized spacial score (nSPS) is 13.6. The molecule has 0 radical (unpaired) electrons. The van der Waals surface area contributed by atoms with Crippen LogP contribution in [0.3, 0.4) is 0 Å². The quantitative estimate of drug-likeness (QED) is 0.771. The Labute approximate surface area is 120 Å². The van der Waals surface area contributed by atoms with Gasteiger partial charge in [-0.3, -0.25) is 4.57 Å². The second kappa shape index (κ2) is 7.04. The number of hydrogen-bond donors (Lipinski definition) is 1. The predicted octanol–water partition coefficient (Wildman–Crippen LogP) is 4.33. The fourth-order valence-electron chi connectivity index (χ4n) is 1.44. The molecule has 0 saturated heterocycles. The lowest BCUT2D eigenvalue weighted by atomic mass is 10.2. The molecule has 1 aromatic carbocycles. The fourth-order valence-corrected chi connectivity index (χ4v) is 3.59. The van der Waals surface area contributed by atoms with Crippen LogP contribution in [0.4, 0.5) is 0 Å². The number of benzene rings is 1. The monoisotopic (exact) mass is 355 g/mol. The molecule has 0 amide bonds. The molecular formula is C11H16BrClNO3P. The van der Waals surface area contributed by atoms with Crippen molar-refractivity contribution < 1.29 is 13.6 Å². The first-order chi connectivity index (χ1) is 8.44. The summed E-state index contributed by atoms with van der Waals surface area (Å²) in [6.45, 7) is 4.05. The van der Waals surface area contributed by atoms with Crippen molar-refractivity contribution in [3.05, 3.63) is 33.3 Å². The minimum atomic E-state index is -3.35. The topological polar surface area (TPSA) is 61.5 Å². The van der Waals surface area contributed by atoms with Crippen molar-refractivity contribution in [2.75, 3.05) is 13.2 Å². The van der Waals surface area contributed by atoms with Gasteiger partial charge in [-0.2, -0.15) is 0 Å². The third kappa shape index (κ3) is 3.80. The van der Waals surface area contributed by atoms with Crippen molar-refractivity contribution in [3.8, 4) is 0 Å². The molecule has 7 heteroatoms. The molecule has 0 aromatic heterocycles. The van der Waals surface area contributed by atoms with Gasteiger partial charge in [-0.1, -0.05) is 17.7 Å². The molecule has 1 atom stereocenters. The van der Waals surface area contributed by atoms with E-state index in [1.807, 2.05) is 0 Å². The van der Waals surface area contributed by atoms with Gasteiger partial charge in [-0.15, -0.1) is 0 Å². The van der Waals surface area contributed by atoms with Crippen LogP contribution in [0.15, 0.2) is 22.7 Å². The molecule has 0 aliphatic rings. The zero-order chi connectivity index (χ0) is 13.8. The highest BCUT2D eigenvalue weighted by molar-refractivity contribution is 9.10. The van der Waals surface area contributed by atoms with Crippen LogP contribution in [-0.2, 0) is 13.6 Å². The maximum Gasteiger partial charge on any atom is 0.351 e. The van der Waals surface area contributed by atoms with E-state index in [4.69, 9.17) is 26.4 Å². The summed E-state index contributed by atoms with van der Waals surface area (Å²) in [5.41, 5.74) is 6.64. The van der Waals surface area contributed by atoms with Gasteiger partial charge in [0, 0.05) is 4.47 Å². The third-order valence-electron chi connectivity index (χ3n) is 2.24. The predicted molar refractivity (Wildman–Crippen MR) is 76.9 cm³/mol. The minimum Gasteiger partial charge on any atom is -0.314 e. The number of hydrogen-bond acceptors (Lipinski definition) is 4. The van der Waals surface area contributed by atoms with Gasteiger partial charge in [-0.05, 0) is 47.5 Å². The lowest BCUT2D eigenvalue weighted by Gasteiger charge is -2.23. The van der Waals surface area contributed by atoms with Crippen LogP contribution in [0.25, 0.3) is 0 Å². The largest absolute Gasteiger partial charge is 0.351 e. The number of nitrogens with two attached hydrogens (primary N) is 1. The highest BCUT2D eigenvalue weighted by atomic mass is 79.9. The lowest BCUT2D eigenvalue weighted by Crippen LogP contribution is -2.15. The standard InChI is InChI=1S/C11H16BrClNO3P/c1-3-16-18(15,17-4-2)11(14)8-5-6-10(13)9(12)7-8/h5-7,11H,3-4,14H2,1-2H3/t11-/m0/s1. The first-order valence-corrected chi connectivity index (χ1v) is 8.32. The van der Waals surface area contributed by atoms with E-state index < -0.39 is 13.4 Å². The Kier molecular flexibility index (Phi) is 6.31. The average Bonchev–Trinajstić information content (AvgIpc) is 2.32. The number of rotatable bonds is 6. The van der Waals surface area contributed by atoms with E-state index in [0.717, 1.165) is 0 Å². The van der Waals surface area contributed by atoms with Crippen molar-refractivity contribution in [1.82, 2.24) is 0 Å². The Bertz CT molecular complexity index is 448. The van der Waals surface area contributed by atoms with Gasteiger partial charge < -0.3 is 14.8 Å². The Morgan fingerprint density at radius 1 is 1.39 bits per heavy atom. The van der Waals surface area contributed by atoms with E-state index >= 15 is 0 Å². The van der Waals surface area contributed by atoms with Gasteiger partial charge in [0.2, 0.25) is 0 Å². The van der Waals surface area contributed by atoms with E-state index in [1.165, 1.54) is 0 Å². The Hall–Kier alpha value is 0.1000. The molecule has 1 rings (SSSR count). The zero-order valence-corrected chi connectivity index (χ0v) is 13.5. The van der Waals surface area contributed by atoms with Crippen LogP contribution in [0.2, 0.25) is 5.02 Å². The zero-order valence-electron chi connectivity index (χ0n) is 10.2. The molecule has 0 unspecified atom stereocenters. The Balaban J connectivity index is 3.05. The van der Waals surface area contributed by atoms with Crippen molar-refractivity contribution in [3.63, 3.8) is 0 Å². The molecule has 0 spiro atoms. The molecule has 18 heavy (non-hydrogen) atoms. The fraction of sp³-hybridized carbons (Fsp3) is 0.455. The molecule has 0 heterocycles. The van der Waals surface area contributed by atoms with Crippen molar-refractivity contribution >= 4 is 35.1 Å². The molecule has 0 aliphatic carbocycles. The minimum absolute atomic E-state index is 0.278. The molecule has 2 N–H and O–H groups in total. The Morgan fingerprint density at radius 2 is 1.94 bits per heavy atom. The molecule has 0 saturated carbocycles. The smallest absolute Gasteiger partial charge is 0.314 e. The molecule has 4 nitrogen and oxygen atoms in total. The van der Waals surface area contributed by atoms with E-state index in [2.05, 4.69) is 15.9 Å². The number of halogens is 2. The van der Waals surface area contributed by atoms with Crippen LogP contribution in [0.1, 0.15) is 25.2 Å². The van der Waals surface area contributed by atoms with E-state index in [0.29, 0.717) is 15.1 Å². The van der Waals surface area contributed by atoms with Gasteiger partial charge in [0.1, 0.15) is 5.78 Å². The van der Waals surface area contributed by atoms with Gasteiger partial charge in [0.25, 0.3) is 0 Å². The van der Waals surface area contributed by atoms with Gasteiger partial charge in [0.05, 0.1) is 18.2 Å². The first-order valence-electron chi connectivity index (χ1n) is 5.54. The van der Waals surface area contributed by atoms with Gasteiger partial charge in [0.15, 0.2) is 0 Å². The maximum atomic E-state index is 12.5.